The van der Waals surface area contributed by atoms with Gasteiger partial charge in [0, 0.05) is 5.56 Å². The van der Waals surface area contributed by atoms with E-state index in [1.807, 2.05) is 37.3 Å². The maximum absolute atomic E-state index is 13.1. The van der Waals surface area contributed by atoms with Crippen molar-refractivity contribution >= 4 is 34.8 Å². The number of anilines is 2. The summed E-state index contributed by atoms with van der Waals surface area (Å²) in [6.45, 7) is 4.23. The molecule has 2 amide bonds. The molecule has 0 unspecified atom stereocenters. The molecule has 1 heterocycles. The third kappa shape index (κ3) is 5.13. The number of rotatable bonds is 6. The first-order valence-corrected chi connectivity index (χ1v) is 10.9. The van der Waals surface area contributed by atoms with Crippen molar-refractivity contribution in [2.75, 3.05) is 10.6 Å². The third-order valence-electron chi connectivity index (χ3n) is 5.20. The van der Waals surface area contributed by atoms with Crippen LogP contribution < -0.4 is 10.6 Å². The second-order valence-corrected chi connectivity index (χ2v) is 8.07. The third-order valence-corrected chi connectivity index (χ3v) is 5.59. The number of benzene rings is 3. The molecule has 166 valence electrons. The van der Waals surface area contributed by atoms with Gasteiger partial charge >= 0.3 is 0 Å². The molecule has 1 aromatic heterocycles. The minimum absolute atomic E-state index is 0.261. The summed E-state index contributed by atoms with van der Waals surface area (Å²) in [6.07, 6.45) is 0. The van der Waals surface area contributed by atoms with Gasteiger partial charge in [-0.2, -0.15) is 5.10 Å². The van der Waals surface area contributed by atoms with Crippen LogP contribution in [0.15, 0.2) is 78.9 Å². The van der Waals surface area contributed by atoms with E-state index in [0.717, 1.165) is 5.56 Å². The number of carbonyl (C=O) groups is 2. The number of aryl methyl sites for hydroxylation is 2. The van der Waals surface area contributed by atoms with Gasteiger partial charge < -0.3 is 10.6 Å². The molecule has 0 fully saturated rings. The molecule has 0 saturated carbocycles. The summed E-state index contributed by atoms with van der Waals surface area (Å²) in [4.78, 5) is 25.7. The van der Waals surface area contributed by atoms with Crippen molar-refractivity contribution in [2.24, 2.45) is 0 Å². The maximum Gasteiger partial charge on any atom is 0.260 e. The van der Waals surface area contributed by atoms with Crippen LogP contribution in [-0.4, -0.2) is 21.6 Å². The van der Waals surface area contributed by atoms with Gasteiger partial charge in [0.2, 0.25) is 0 Å². The molecule has 0 saturated heterocycles. The van der Waals surface area contributed by atoms with Crippen molar-refractivity contribution in [1.29, 1.82) is 0 Å². The number of nitrogens with one attached hydrogen (secondary N) is 2. The van der Waals surface area contributed by atoms with E-state index in [2.05, 4.69) is 15.7 Å². The molecule has 6 nitrogen and oxygen atoms in total. The SMILES string of the molecule is Cc1ccc(Cn2nc(C)c(C(=O)Nc3ccccc3NC(=O)c3ccccc3)c2Cl)cc1. The summed E-state index contributed by atoms with van der Waals surface area (Å²) in [5, 5.41) is 10.4. The molecule has 0 atom stereocenters. The number of halogens is 1. The lowest BCUT2D eigenvalue weighted by Gasteiger charge is -2.12. The topological polar surface area (TPSA) is 76.0 Å². The molecule has 2 N–H and O–H groups in total. The van der Waals surface area contributed by atoms with E-state index in [1.54, 1.807) is 60.1 Å². The minimum atomic E-state index is -0.394. The van der Waals surface area contributed by atoms with Gasteiger partial charge in [-0.25, -0.2) is 4.68 Å². The van der Waals surface area contributed by atoms with Crippen molar-refractivity contribution in [3.05, 3.63) is 112 Å². The molecule has 0 spiro atoms. The fourth-order valence-corrected chi connectivity index (χ4v) is 3.77. The normalized spacial score (nSPS) is 10.6. The van der Waals surface area contributed by atoms with Crippen LogP contribution in [0.1, 0.15) is 37.5 Å². The molecule has 33 heavy (non-hydrogen) atoms. The molecule has 3 aromatic carbocycles. The highest BCUT2D eigenvalue weighted by Crippen LogP contribution is 2.26. The van der Waals surface area contributed by atoms with Crippen LogP contribution in [0.3, 0.4) is 0 Å². The van der Waals surface area contributed by atoms with E-state index in [9.17, 15) is 9.59 Å². The van der Waals surface area contributed by atoms with Crippen LogP contribution >= 0.6 is 11.6 Å². The molecule has 0 radical (unpaired) electrons. The highest BCUT2D eigenvalue weighted by atomic mass is 35.5. The molecule has 4 rings (SSSR count). The first kappa shape index (κ1) is 22.3. The maximum atomic E-state index is 13.1. The lowest BCUT2D eigenvalue weighted by molar-refractivity contribution is 0.101. The molecule has 0 bridgehead atoms. The summed E-state index contributed by atoms with van der Waals surface area (Å²) in [5.74, 6) is -0.661. The number of hydrogen-bond donors (Lipinski definition) is 2. The Morgan fingerprint density at radius 2 is 1.39 bits per heavy atom. The number of carbonyl (C=O) groups excluding carboxylic acids is 2. The zero-order valence-electron chi connectivity index (χ0n) is 18.3. The van der Waals surface area contributed by atoms with Crippen LogP contribution in [0.25, 0.3) is 0 Å². The van der Waals surface area contributed by atoms with Gasteiger partial charge in [-0.05, 0) is 43.7 Å². The Hall–Kier alpha value is -3.90. The van der Waals surface area contributed by atoms with E-state index in [1.165, 1.54) is 5.56 Å². The quantitative estimate of drug-likeness (QED) is 0.388. The molecular formula is C26H23ClN4O2. The molecular weight excluding hydrogens is 436 g/mol. The number of hydrogen-bond acceptors (Lipinski definition) is 3. The Labute approximate surface area is 197 Å². The Bertz CT molecular complexity index is 1300. The van der Waals surface area contributed by atoms with Crippen LogP contribution in [-0.2, 0) is 6.54 Å². The summed E-state index contributed by atoms with van der Waals surface area (Å²) in [6, 6.07) is 24.0. The van der Waals surface area contributed by atoms with Gasteiger partial charge in [0.1, 0.15) is 5.15 Å². The molecule has 0 aliphatic carbocycles. The van der Waals surface area contributed by atoms with Gasteiger partial charge in [0.15, 0.2) is 0 Å². The zero-order chi connectivity index (χ0) is 23.4. The summed E-state index contributed by atoms with van der Waals surface area (Å²) < 4.78 is 1.61. The predicted octanol–water partition coefficient (Wildman–Crippen LogP) is 5.71. The van der Waals surface area contributed by atoms with E-state index < -0.39 is 5.91 Å². The largest absolute Gasteiger partial charge is 0.320 e. The highest BCUT2D eigenvalue weighted by molar-refractivity contribution is 6.33. The predicted molar refractivity (Wildman–Crippen MR) is 131 cm³/mol. The standard InChI is InChI=1S/C26H23ClN4O2/c1-17-12-14-19(15-13-17)16-31-24(27)23(18(2)30-31)26(33)29-22-11-7-6-10-21(22)28-25(32)20-8-4-3-5-9-20/h3-15H,16H2,1-2H3,(H,28,32)(H,29,33). The number of nitrogens with zero attached hydrogens (tertiary/aromatic N) is 2. The van der Waals surface area contributed by atoms with Gasteiger partial charge in [-0.1, -0.05) is 71.8 Å². The number of aromatic nitrogens is 2. The van der Waals surface area contributed by atoms with Crippen LogP contribution in [0.4, 0.5) is 11.4 Å². The molecule has 7 heteroatoms. The first-order chi connectivity index (χ1) is 15.9. The van der Waals surface area contributed by atoms with E-state index >= 15 is 0 Å². The zero-order valence-corrected chi connectivity index (χ0v) is 19.1. The smallest absolute Gasteiger partial charge is 0.260 e. The van der Waals surface area contributed by atoms with Gasteiger partial charge in [-0.3, -0.25) is 9.59 Å². The second-order valence-electron chi connectivity index (χ2n) is 7.71. The Balaban J connectivity index is 1.54. The summed E-state index contributed by atoms with van der Waals surface area (Å²) in [7, 11) is 0. The van der Waals surface area contributed by atoms with Crippen molar-refractivity contribution in [3.63, 3.8) is 0 Å². The average Bonchev–Trinajstić information content (AvgIpc) is 3.09. The van der Waals surface area contributed by atoms with Gasteiger partial charge in [0.05, 0.1) is 29.2 Å². The lowest BCUT2D eigenvalue weighted by Crippen LogP contribution is -2.17. The summed E-state index contributed by atoms with van der Waals surface area (Å²) in [5.41, 5.74) is 4.50. The van der Waals surface area contributed by atoms with Crippen LogP contribution in [0, 0.1) is 13.8 Å². The number of amides is 2. The molecule has 0 aliphatic heterocycles. The van der Waals surface area contributed by atoms with Crippen molar-refractivity contribution in [1.82, 2.24) is 9.78 Å². The average molecular weight is 459 g/mol. The fourth-order valence-electron chi connectivity index (χ4n) is 3.45. The second kappa shape index (κ2) is 9.71. The van der Waals surface area contributed by atoms with Gasteiger partial charge in [0.25, 0.3) is 11.8 Å². The minimum Gasteiger partial charge on any atom is -0.320 e. The van der Waals surface area contributed by atoms with E-state index in [4.69, 9.17) is 11.6 Å². The highest BCUT2D eigenvalue weighted by Gasteiger charge is 2.21. The van der Waals surface area contributed by atoms with E-state index in [0.29, 0.717) is 34.7 Å². The lowest BCUT2D eigenvalue weighted by atomic mass is 10.1. The Kier molecular flexibility index (Phi) is 6.56. The monoisotopic (exact) mass is 458 g/mol. The van der Waals surface area contributed by atoms with Gasteiger partial charge in [-0.15, -0.1) is 0 Å². The molecule has 4 aromatic rings. The first-order valence-electron chi connectivity index (χ1n) is 10.5. The Morgan fingerprint density at radius 1 is 0.818 bits per heavy atom. The molecule has 0 aliphatic rings. The Morgan fingerprint density at radius 3 is 2.03 bits per heavy atom. The van der Waals surface area contributed by atoms with Crippen LogP contribution in [0.5, 0.6) is 0 Å². The fraction of sp³-hybridized carbons (Fsp3) is 0.115. The van der Waals surface area contributed by atoms with Crippen LogP contribution in [0.2, 0.25) is 5.15 Å². The van der Waals surface area contributed by atoms with Crippen molar-refractivity contribution in [2.45, 2.75) is 20.4 Å². The van der Waals surface area contributed by atoms with E-state index in [-0.39, 0.29) is 11.1 Å². The van der Waals surface area contributed by atoms with Crippen molar-refractivity contribution in [3.8, 4) is 0 Å². The number of para-hydroxylation sites is 2. The summed E-state index contributed by atoms with van der Waals surface area (Å²) >= 11 is 6.55. The van der Waals surface area contributed by atoms with Crippen molar-refractivity contribution < 1.29 is 9.59 Å².